The Labute approximate surface area is 123 Å². The van der Waals surface area contributed by atoms with E-state index in [9.17, 15) is 12.8 Å². The summed E-state index contributed by atoms with van der Waals surface area (Å²) in [5, 5.41) is 0. The molecule has 0 unspecified atom stereocenters. The summed E-state index contributed by atoms with van der Waals surface area (Å²) in [4.78, 5) is -0.0265. The lowest BCUT2D eigenvalue weighted by Crippen LogP contribution is -2.15. The summed E-state index contributed by atoms with van der Waals surface area (Å²) in [5.74, 6) is -0.627. The van der Waals surface area contributed by atoms with Crippen LogP contribution >= 0.6 is 0 Å². The molecule has 21 heavy (non-hydrogen) atoms. The molecule has 0 aliphatic rings. The highest BCUT2D eigenvalue weighted by molar-refractivity contribution is 7.92. The van der Waals surface area contributed by atoms with Crippen LogP contribution in [0.2, 0.25) is 0 Å². The van der Waals surface area contributed by atoms with E-state index < -0.39 is 15.8 Å². The molecule has 112 valence electrons. The zero-order valence-electron chi connectivity index (χ0n) is 12.1. The smallest absolute Gasteiger partial charge is 0.262 e. The molecule has 0 bridgehead atoms. The Morgan fingerprint density at radius 3 is 2.33 bits per heavy atom. The van der Waals surface area contributed by atoms with Crippen molar-refractivity contribution < 1.29 is 12.8 Å². The van der Waals surface area contributed by atoms with E-state index in [-0.39, 0.29) is 10.6 Å². The van der Waals surface area contributed by atoms with E-state index in [1.165, 1.54) is 6.92 Å². The standard InChI is InChI=1S/C15H17FN2O2S/c1-9-4-5-14(10(2)6-9)18-21(19,20)15-8-13(17)12(16)7-11(15)3/h4-8,18H,17H2,1-3H3. The van der Waals surface area contributed by atoms with Crippen LogP contribution < -0.4 is 10.5 Å². The molecule has 2 aromatic carbocycles. The monoisotopic (exact) mass is 308 g/mol. The second kappa shape index (κ2) is 5.37. The molecule has 2 aromatic rings. The van der Waals surface area contributed by atoms with Crippen molar-refractivity contribution in [2.75, 3.05) is 10.5 Å². The Morgan fingerprint density at radius 1 is 1.05 bits per heavy atom. The number of anilines is 2. The molecule has 0 heterocycles. The molecule has 0 saturated heterocycles. The Hall–Kier alpha value is -2.08. The van der Waals surface area contributed by atoms with Crippen molar-refractivity contribution in [2.45, 2.75) is 25.7 Å². The molecule has 4 nitrogen and oxygen atoms in total. The van der Waals surface area contributed by atoms with Gasteiger partial charge in [-0.1, -0.05) is 17.7 Å². The number of hydrogen-bond donors (Lipinski definition) is 2. The molecule has 0 atom stereocenters. The minimum atomic E-state index is -3.82. The van der Waals surface area contributed by atoms with Gasteiger partial charge in [-0.2, -0.15) is 0 Å². The van der Waals surface area contributed by atoms with Crippen LogP contribution in [-0.4, -0.2) is 8.42 Å². The van der Waals surface area contributed by atoms with Crippen LogP contribution in [0.4, 0.5) is 15.8 Å². The minimum Gasteiger partial charge on any atom is -0.396 e. The fourth-order valence-electron chi connectivity index (χ4n) is 2.09. The highest BCUT2D eigenvalue weighted by Crippen LogP contribution is 2.25. The number of rotatable bonds is 3. The molecule has 2 rings (SSSR count). The number of halogens is 1. The number of hydrogen-bond acceptors (Lipinski definition) is 3. The number of nitrogen functional groups attached to an aromatic ring is 1. The van der Waals surface area contributed by atoms with E-state index in [0.717, 1.165) is 23.3 Å². The number of aryl methyl sites for hydroxylation is 3. The molecule has 0 aromatic heterocycles. The van der Waals surface area contributed by atoms with E-state index in [0.29, 0.717) is 11.3 Å². The third-order valence-corrected chi connectivity index (χ3v) is 4.72. The average molecular weight is 308 g/mol. The molecule has 0 amide bonds. The molecule has 6 heteroatoms. The quantitative estimate of drug-likeness (QED) is 0.856. The molecule has 0 saturated carbocycles. The summed E-state index contributed by atoms with van der Waals surface area (Å²) >= 11 is 0. The SMILES string of the molecule is Cc1ccc(NS(=O)(=O)c2cc(N)c(F)cc2C)c(C)c1. The van der Waals surface area contributed by atoms with Crippen LogP contribution in [0.3, 0.4) is 0 Å². The zero-order chi connectivity index (χ0) is 15.8. The summed E-state index contributed by atoms with van der Waals surface area (Å²) in [7, 11) is -3.82. The Morgan fingerprint density at radius 2 is 1.71 bits per heavy atom. The molecule has 3 N–H and O–H groups in total. The maximum absolute atomic E-state index is 13.3. The molecular formula is C15H17FN2O2S. The van der Waals surface area contributed by atoms with Crippen molar-refractivity contribution in [3.63, 3.8) is 0 Å². The van der Waals surface area contributed by atoms with Crippen molar-refractivity contribution in [3.8, 4) is 0 Å². The third-order valence-electron chi connectivity index (χ3n) is 3.21. The normalized spacial score (nSPS) is 11.4. The van der Waals surface area contributed by atoms with Crippen LogP contribution in [0.5, 0.6) is 0 Å². The van der Waals surface area contributed by atoms with Gasteiger partial charge < -0.3 is 5.73 Å². The van der Waals surface area contributed by atoms with E-state index in [1.54, 1.807) is 6.07 Å². The first-order chi connectivity index (χ1) is 9.70. The van der Waals surface area contributed by atoms with Crippen molar-refractivity contribution in [3.05, 3.63) is 52.8 Å². The first-order valence-corrected chi connectivity index (χ1v) is 7.85. The minimum absolute atomic E-state index is 0.0265. The van der Waals surface area contributed by atoms with E-state index in [2.05, 4.69) is 4.72 Å². The fourth-order valence-corrected chi connectivity index (χ4v) is 3.48. The van der Waals surface area contributed by atoms with Crippen LogP contribution in [0.25, 0.3) is 0 Å². The van der Waals surface area contributed by atoms with Crippen LogP contribution in [0, 0.1) is 26.6 Å². The molecule has 0 spiro atoms. The zero-order valence-corrected chi connectivity index (χ0v) is 12.9. The first-order valence-electron chi connectivity index (χ1n) is 6.36. The number of benzene rings is 2. The second-order valence-electron chi connectivity index (χ2n) is 5.06. The molecule has 0 aliphatic carbocycles. The van der Waals surface area contributed by atoms with Gasteiger partial charge in [0.15, 0.2) is 0 Å². The average Bonchev–Trinajstić information content (AvgIpc) is 2.37. The van der Waals surface area contributed by atoms with Crippen molar-refractivity contribution >= 4 is 21.4 Å². The number of nitrogens with one attached hydrogen (secondary N) is 1. The summed E-state index contributed by atoms with van der Waals surface area (Å²) in [5.41, 5.74) is 7.91. The topological polar surface area (TPSA) is 72.2 Å². The van der Waals surface area contributed by atoms with E-state index in [4.69, 9.17) is 5.73 Å². The lowest BCUT2D eigenvalue weighted by atomic mass is 10.1. The molecule has 0 radical (unpaired) electrons. The van der Waals surface area contributed by atoms with Crippen LogP contribution in [0.1, 0.15) is 16.7 Å². The Kier molecular flexibility index (Phi) is 3.91. The molecule has 0 fully saturated rings. The van der Waals surface area contributed by atoms with Crippen molar-refractivity contribution in [2.24, 2.45) is 0 Å². The Balaban J connectivity index is 2.46. The molecular weight excluding hydrogens is 291 g/mol. The first kappa shape index (κ1) is 15.3. The highest BCUT2D eigenvalue weighted by Gasteiger charge is 2.19. The number of nitrogens with two attached hydrogens (primary N) is 1. The second-order valence-corrected chi connectivity index (χ2v) is 6.71. The van der Waals surface area contributed by atoms with Crippen LogP contribution in [0.15, 0.2) is 35.2 Å². The van der Waals surface area contributed by atoms with Gasteiger partial charge in [0.2, 0.25) is 0 Å². The predicted octanol–water partition coefficient (Wildman–Crippen LogP) is 3.13. The van der Waals surface area contributed by atoms with E-state index in [1.807, 2.05) is 26.0 Å². The Bertz CT molecular complexity index is 802. The largest absolute Gasteiger partial charge is 0.396 e. The van der Waals surface area contributed by atoms with Gasteiger partial charge in [-0.25, -0.2) is 12.8 Å². The summed E-state index contributed by atoms with van der Waals surface area (Å²) < 4.78 is 40.7. The summed E-state index contributed by atoms with van der Waals surface area (Å²) in [6.45, 7) is 5.27. The third kappa shape index (κ3) is 3.16. The van der Waals surface area contributed by atoms with Gasteiger partial charge in [-0.15, -0.1) is 0 Å². The maximum Gasteiger partial charge on any atom is 0.262 e. The van der Waals surface area contributed by atoms with Gasteiger partial charge in [0, 0.05) is 0 Å². The maximum atomic E-state index is 13.3. The molecule has 0 aliphatic heterocycles. The van der Waals surface area contributed by atoms with Gasteiger partial charge >= 0.3 is 0 Å². The van der Waals surface area contributed by atoms with Crippen LogP contribution in [-0.2, 0) is 10.0 Å². The van der Waals surface area contributed by atoms with Crippen molar-refractivity contribution in [1.82, 2.24) is 0 Å². The van der Waals surface area contributed by atoms with Gasteiger partial charge in [0.05, 0.1) is 16.3 Å². The highest BCUT2D eigenvalue weighted by atomic mass is 32.2. The van der Waals surface area contributed by atoms with Gasteiger partial charge in [0.25, 0.3) is 10.0 Å². The summed E-state index contributed by atoms with van der Waals surface area (Å²) in [6, 6.07) is 7.65. The van der Waals surface area contributed by atoms with Gasteiger partial charge in [-0.05, 0) is 50.1 Å². The summed E-state index contributed by atoms with van der Waals surface area (Å²) in [6.07, 6.45) is 0. The van der Waals surface area contributed by atoms with Gasteiger partial charge in [0.1, 0.15) is 5.82 Å². The van der Waals surface area contributed by atoms with Crippen molar-refractivity contribution in [1.29, 1.82) is 0 Å². The number of sulfonamides is 1. The predicted molar refractivity (Wildman–Crippen MR) is 82.3 cm³/mol. The lowest BCUT2D eigenvalue weighted by molar-refractivity contribution is 0.599. The fraction of sp³-hybridized carbons (Fsp3) is 0.200. The van der Waals surface area contributed by atoms with E-state index >= 15 is 0 Å². The van der Waals surface area contributed by atoms with Gasteiger partial charge in [-0.3, -0.25) is 4.72 Å². The lowest BCUT2D eigenvalue weighted by Gasteiger charge is -2.13.